The van der Waals surface area contributed by atoms with Gasteiger partial charge in [0.2, 0.25) is 0 Å². The smallest absolute Gasteiger partial charge is 0.279 e. The fraction of sp³-hybridized carbons (Fsp3) is 0.800. The molecule has 0 saturated heterocycles. The van der Waals surface area contributed by atoms with E-state index in [0.717, 1.165) is 19.5 Å². The van der Waals surface area contributed by atoms with Gasteiger partial charge in [-0.05, 0) is 26.4 Å². The van der Waals surface area contributed by atoms with E-state index in [9.17, 15) is 8.42 Å². The molecular weight excluding hydrogens is 268 g/mol. The van der Waals surface area contributed by atoms with E-state index < -0.39 is 16.3 Å². The van der Waals surface area contributed by atoms with Gasteiger partial charge in [0.05, 0.1) is 6.04 Å². The molecule has 0 amide bonds. The van der Waals surface area contributed by atoms with Crippen LogP contribution < -0.4 is 10.0 Å². The molecule has 0 spiro atoms. The van der Waals surface area contributed by atoms with Crippen LogP contribution in [0.4, 0.5) is 0 Å². The van der Waals surface area contributed by atoms with Gasteiger partial charge in [-0.25, -0.2) is 4.98 Å². The summed E-state index contributed by atoms with van der Waals surface area (Å²) in [7, 11) is -1.95. The van der Waals surface area contributed by atoms with Gasteiger partial charge in [0.1, 0.15) is 12.2 Å². The third-order valence-electron chi connectivity index (χ3n) is 2.66. The van der Waals surface area contributed by atoms with Crippen LogP contribution in [0.25, 0.3) is 0 Å². The Labute approximate surface area is 114 Å². The molecule has 1 atom stereocenters. The summed E-state index contributed by atoms with van der Waals surface area (Å²) in [6.07, 6.45) is 2.11. The molecule has 1 aromatic heterocycles. The quantitative estimate of drug-likeness (QED) is 0.539. The van der Waals surface area contributed by atoms with Gasteiger partial charge in [-0.3, -0.25) is 5.10 Å². The van der Waals surface area contributed by atoms with E-state index in [2.05, 4.69) is 25.2 Å². The molecule has 9 heteroatoms. The maximum Gasteiger partial charge on any atom is 0.279 e. The molecule has 0 aliphatic carbocycles. The molecule has 1 aromatic rings. The van der Waals surface area contributed by atoms with Crippen LogP contribution in [-0.4, -0.2) is 54.6 Å². The first-order valence-electron chi connectivity index (χ1n) is 6.27. The second-order valence-corrected chi connectivity index (χ2v) is 6.05. The first-order valence-corrected chi connectivity index (χ1v) is 7.71. The molecule has 0 aliphatic rings. The van der Waals surface area contributed by atoms with Gasteiger partial charge in [-0.2, -0.15) is 22.5 Å². The van der Waals surface area contributed by atoms with Crippen molar-refractivity contribution in [2.45, 2.75) is 26.3 Å². The lowest BCUT2D eigenvalue weighted by Crippen LogP contribution is -2.40. The highest BCUT2D eigenvalue weighted by molar-refractivity contribution is 7.87. The van der Waals surface area contributed by atoms with Gasteiger partial charge >= 0.3 is 0 Å². The first kappa shape index (κ1) is 16.0. The Bertz CT molecular complexity index is 447. The Hall–Kier alpha value is -1.03. The van der Waals surface area contributed by atoms with Crippen molar-refractivity contribution in [1.82, 2.24) is 29.5 Å². The van der Waals surface area contributed by atoms with Crippen LogP contribution in [0.15, 0.2) is 6.33 Å². The number of hydrogen-bond acceptors (Lipinski definition) is 5. The average molecular weight is 290 g/mol. The lowest BCUT2D eigenvalue weighted by molar-refractivity contribution is 0.438. The predicted molar refractivity (Wildman–Crippen MR) is 72.6 cm³/mol. The van der Waals surface area contributed by atoms with Crippen LogP contribution in [0.3, 0.4) is 0 Å². The molecule has 0 radical (unpaired) electrons. The second-order valence-electron chi connectivity index (χ2n) is 4.24. The molecule has 0 aliphatic heterocycles. The third-order valence-corrected chi connectivity index (χ3v) is 4.31. The number of nitrogens with zero attached hydrogens (tertiary/aromatic N) is 3. The molecule has 110 valence electrons. The van der Waals surface area contributed by atoms with Crippen LogP contribution in [-0.2, 0) is 10.2 Å². The summed E-state index contributed by atoms with van der Waals surface area (Å²) in [5.74, 6) is 0.490. The van der Waals surface area contributed by atoms with E-state index in [1.165, 1.54) is 10.6 Å². The molecule has 1 unspecified atom stereocenters. The number of aromatic amines is 1. The molecule has 1 heterocycles. The number of H-pyrrole nitrogens is 1. The van der Waals surface area contributed by atoms with Gasteiger partial charge in [-0.1, -0.05) is 6.92 Å². The summed E-state index contributed by atoms with van der Waals surface area (Å²) in [5, 5.41) is 9.49. The standard InChI is InChI=1S/C10H22N6O2S/c1-4-11-6-5-7-16(3)19(17,18)15-9(2)10-12-8-13-14-10/h8-9,11,15H,4-7H2,1-3H3,(H,12,13,14). The fourth-order valence-electron chi connectivity index (χ4n) is 1.52. The summed E-state index contributed by atoms with van der Waals surface area (Å²) in [5.41, 5.74) is 0. The van der Waals surface area contributed by atoms with Crippen molar-refractivity contribution in [1.29, 1.82) is 0 Å². The SMILES string of the molecule is CCNCCCN(C)S(=O)(=O)NC(C)c1ncn[nH]1. The normalized spacial score (nSPS) is 13.9. The Morgan fingerprint density at radius 3 is 2.84 bits per heavy atom. The minimum absolute atomic E-state index is 0.441. The average Bonchev–Trinajstić information content (AvgIpc) is 2.87. The Kier molecular flexibility index (Phi) is 6.35. The summed E-state index contributed by atoms with van der Waals surface area (Å²) in [6.45, 7) is 5.88. The van der Waals surface area contributed by atoms with Crippen LogP contribution in [0, 0.1) is 0 Å². The van der Waals surface area contributed by atoms with Gasteiger partial charge in [0.25, 0.3) is 10.2 Å². The summed E-state index contributed by atoms with van der Waals surface area (Å²) < 4.78 is 27.9. The van der Waals surface area contributed by atoms with Crippen molar-refractivity contribution in [3.63, 3.8) is 0 Å². The van der Waals surface area contributed by atoms with E-state index in [0.29, 0.717) is 12.4 Å². The number of aromatic nitrogens is 3. The maximum atomic E-state index is 12.0. The Morgan fingerprint density at radius 1 is 1.53 bits per heavy atom. The Balaban J connectivity index is 2.46. The largest absolute Gasteiger partial charge is 0.317 e. The molecule has 0 saturated carbocycles. The molecular formula is C10H22N6O2S. The lowest BCUT2D eigenvalue weighted by Gasteiger charge is -2.20. The van der Waals surface area contributed by atoms with Crippen LogP contribution in [0.1, 0.15) is 32.1 Å². The highest BCUT2D eigenvalue weighted by Crippen LogP contribution is 2.08. The van der Waals surface area contributed by atoms with Gasteiger partial charge in [0.15, 0.2) is 0 Å². The summed E-state index contributed by atoms with van der Waals surface area (Å²) in [4.78, 5) is 3.92. The minimum Gasteiger partial charge on any atom is -0.317 e. The number of nitrogens with one attached hydrogen (secondary N) is 3. The summed E-state index contributed by atoms with van der Waals surface area (Å²) in [6, 6.07) is -0.441. The zero-order chi connectivity index (χ0) is 14.3. The van der Waals surface area contributed by atoms with E-state index in [1.54, 1.807) is 14.0 Å². The van der Waals surface area contributed by atoms with E-state index in [4.69, 9.17) is 0 Å². The van der Waals surface area contributed by atoms with Crippen molar-refractivity contribution < 1.29 is 8.42 Å². The van der Waals surface area contributed by atoms with E-state index in [1.807, 2.05) is 6.92 Å². The van der Waals surface area contributed by atoms with Crippen molar-refractivity contribution in [3.8, 4) is 0 Å². The van der Waals surface area contributed by atoms with E-state index >= 15 is 0 Å². The minimum atomic E-state index is -3.50. The highest BCUT2D eigenvalue weighted by atomic mass is 32.2. The Morgan fingerprint density at radius 2 is 2.26 bits per heavy atom. The molecule has 0 fully saturated rings. The lowest BCUT2D eigenvalue weighted by atomic mass is 10.3. The van der Waals surface area contributed by atoms with Crippen molar-refractivity contribution in [2.24, 2.45) is 0 Å². The number of hydrogen-bond donors (Lipinski definition) is 3. The highest BCUT2D eigenvalue weighted by Gasteiger charge is 2.21. The predicted octanol–water partition coefficient (Wildman–Crippen LogP) is -0.368. The molecule has 8 nitrogen and oxygen atoms in total. The molecule has 3 N–H and O–H groups in total. The van der Waals surface area contributed by atoms with Crippen molar-refractivity contribution in [3.05, 3.63) is 12.2 Å². The van der Waals surface area contributed by atoms with Crippen LogP contribution in [0.5, 0.6) is 0 Å². The molecule has 19 heavy (non-hydrogen) atoms. The van der Waals surface area contributed by atoms with Crippen molar-refractivity contribution >= 4 is 10.2 Å². The zero-order valence-electron chi connectivity index (χ0n) is 11.5. The zero-order valence-corrected chi connectivity index (χ0v) is 12.4. The van der Waals surface area contributed by atoms with Gasteiger partial charge < -0.3 is 5.32 Å². The molecule has 0 aromatic carbocycles. The summed E-state index contributed by atoms with van der Waals surface area (Å²) >= 11 is 0. The van der Waals surface area contributed by atoms with E-state index in [-0.39, 0.29) is 0 Å². The van der Waals surface area contributed by atoms with Crippen LogP contribution in [0.2, 0.25) is 0 Å². The molecule has 1 rings (SSSR count). The fourth-order valence-corrected chi connectivity index (χ4v) is 2.62. The molecule has 0 bridgehead atoms. The monoisotopic (exact) mass is 290 g/mol. The maximum absolute atomic E-state index is 12.0. The first-order chi connectivity index (χ1) is 8.97. The van der Waals surface area contributed by atoms with Gasteiger partial charge in [0, 0.05) is 13.6 Å². The van der Waals surface area contributed by atoms with Gasteiger partial charge in [-0.15, -0.1) is 0 Å². The second kappa shape index (κ2) is 7.53. The topological polar surface area (TPSA) is 103 Å². The number of rotatable bonds is 9. The third kappa shape index (κ3) is 5.23. The van der Waals surface area contributed by atoms with Crippen LogP contribution >= 0.6 is 0 Å². The van der Waals surface area contributed by atoms with Crippen molar-refractivity contribution in [2.75, 3.05) is 26.7 Å².